The van der Waals surface area contributed by atoms with Crippen molar-refractivity contribution in [3.05, 3.63) is 143 Å². The van der Waals surface area contributed by atoms with Gasteiger partial charge in [0.2, 0.25) is 0 Å². The van der Waals surface area contributed by atoms with Crippen LogP contribution in [0.1, 0.15) is 22.8 Å². The van der Waals surface area contributed by atoms with Gasteiger partial charge in [0.25, 0.3) is 0 Å². The summed E-state index contributed by atoms with van der Waals surface area (Å²) >= 11 is 3.82. The molecule has 0 spiro atoms. The van der Waals surface area contributed by atoms with Crippen molar-refractivity contribution in [2.45, 2.75) is 0 Å². The predicted molar refractivity (Wildman–Crippen MR) is 181 cm³/mol. The van der Waals surface area contributed by atoms with E-state index in [9.17, 15) is 0 Å². The Morgan fingerprint density at radius 3 is 1.11 bits per heavy atom. The van der Waals surface area contributed by atoms with E-state index < -0.39 is 0 Å². The van der Waals surface area contributed by atoms with E-state index in [2.05, 4.69) is 101 Å². The van der Waals surface area contributed by atoms with Crippen LogP contribution in [0.15, 0.2) is 120 Å². The van der Waals surface area contributed by atoms with Gasteiger partial charge in [0.1, 0.15) is 0 Å². The second kappa shape index (κ2) is 11.7. The van der Waals surface area contributed by atoms with Crippen molar-refractivity contribution in [2.24, 2.45) is 0 Å². The molecule has 44 heavy (non-hydrogen) atoms. The summed E-state index contributed by atoms with van der Waals surface area (Å²) in [5.74, 6) is 0. The van der Waals surface area contributed by atoms with Crippen molar-refractivity contribution in [1.82, 2.24) is 19.9 Å². The van der Waals surface area contributed by atoms with Gasteiger partial charge in [-0.1, -0.05) is 115 Å². The number of hydrogen-bond acceptors (Lipinski definition) is 2. The van der Waals surface area contributed by atoms with Crippen LogP contribution in [0, 0.1) is 0 Å². The summed E-state index contributed by atoms with van der Waals surface area (Å²) in [6.07, 6.45) is 8.27. The summed E-state index contributed by atoms with van der Waals surface area (Å²) in [7, 11) is 0. The smallest absolute Gasteiger partial charge is 0.657 e. The van der Waals surface area contributed by atoms with Crippen LogP contribution >= 0.6 is 15.9 Å². The molecule has 6 heteroatoms. The normalized spacial score (nSPS) is 11.8. The van der Waals surface area contributed by atoms with Crippen molar-refractivity contribution >= 4 is 62.3 Å². The van der Waals surface area contributed by atoms with Gasteiger partial charge in [0.05, 0.1) is 22.8 Å². The zero-order chi connectivity index (χ0) is 28.8. The summed E-state index contributed by atoms with van der Waals surface area (Å²) < 4.78 is 0.837. The van der Waals surface area contributed by atoms with Gasteiger partial charge < -0.3 is 9.97 Å². The molecule has 0 amide bonds. The first-order valence-electron chi connectivity index (χ1n) is 14.1. The molecule has 6 aromatic rings. The monoisotopic (exact) mass is 672 g/mol. The predicted octanol–water partition coefficient (Wildman–Crippen LogP) is 9.67. The molecule has 0 atom stereocenters. The Morgan fingerprint density at radius 2 is 0.705 bits per heavy atom. The minimum atomic E-state index is 0. The average molecular weight is 674 g/mol. The van der Waals surface area contributed by atoms with E-state index >= 15 is 0 Å². The van der Waals surface area contributed by atoms with E-state index in [0.29, 0.717) is 0 Å². The van der Waals surface area contributed by atoms with E-state index in [0.717, 1.165) is 82.7 Å². The molecule has 0 fully saturated rings. The summed E-state index contributed by atoms with van der Waals surface area (Å²) in [5.41, 5.74) is 12.9. The van der Waals surface area contributed by atoms with E-state index in [4.69, 9.17) is 19.9 Å². The molecular formula is C38H23BrN4Ni. The summed E-state index contributed by atoms with van der Waals surface area (Å²) in [6, 6.07) is 39.3. The zero-order valence-corrected chi connectivity index (χ0v) is 25.8. The molecule has 3 aromatic carbocycles. The van der Waals surface area contributed by atoms with Gasteiger partial charge >= 0.3 is 16.5 Å². The average Bonchev–Trinajstić information content (AvgIpc) is 3.88. The fourth-order valence-corrected chi connectivity index (χ4v) is 6.20. The molecule has 2 aliphatic rings. The van der Waals surface area contributed by atoms with Crippen LogP contribution in [0.3, 0.4) is 0 Å². The molecule has 212 valence electrons. The number of hydrogen-bond donors (Lipinski definition) is 0. The van der Waals surface area contributed by atoms with E-state index in [1.165, 1.54) is 0 Å². The van der Waals surface area contributed by atoms with Crippen LogP contribution in [-0.4, -0.2) is 9.97 Å². The minimum Gasteiger partial charge on any atom is -0.657 e. The van der Waals surface area contributed by atoms with Gasteiger partial charge in [-0.2, -0.15) is 0 Å². The van der Waals surface area contributed by atoms with Gasteiger partial charge in [-0.15, -0.1) is 22.1 Å². The van der Waals surface area contributed by atoms with E-state index in [1.54, 1.807) is 0 Å². The molecule has 0 unspecified atom stereocenters. The Hall–Kier alpha value is -4.77. The van der Waals surface area contributed by atoms with Crippen molar-refractivity contribution < 1.29 is 16.5 Å². The van der Waals surface area contributed by atoms with Gasteiger partial charge in [-0.25, -0.2) is 9.97 Å². The van der Waals surface area contributed by atoms with Gasteiger partial charge in [-0.3, -0.25) is 0 Å². The number of aromatic nitrogens is 4. The standard InChI is InChI=1S/C38H23BrN4.Ni/c39-38-33-22-20-31(42-33)36(25-12-6-2-7-13-25)29-18-16-27(40-29)35(24-10-4-1-5-11-24)28-17-19-30(41-28)37(26-14-8-3-9-15-26)32-21-23-34(38)43-32;/h1-23H;/q-2;+2. The molecule has 8 bridgehead atoms. The van der Waals surface area contributed by atoms with Crippen LogP contribution in [0.2, 0.25) is 0 Å². The van der Waals surface area contributed by atoms with Crippen molar-refractivity contribution in [3.8, 4) is 33.4 Å². The minimum absolute atomic E-state index is 0. The summed E-state index contributed by atoms with van der Waals surface area (Å²) in [6.45, 7) is 0. The van der Waals surface area contributed by atoms with Crippen LogP contribution in [0.5, 0.6) is 0 Å². The summed E-state index contributed by atoms with van der Waals surface area (Å²) in [5, 5.41) is 0. The third-order valence-electron chi connectivity index (χ3n) is 7.73. The Bertz CT molecular complexity index is 2190. The fourth-order valence-electron chi connectivity index (χ4n) is 5.76. The SMILES string of the molecule is Brc1c2nc(c(-c3ccccc3)c3ccc([n-]3)c(-c3ccccc3)c3nc(c(-c4ccccc4)c4ccc1[n-]4)C=C3)C=C2.[Ni+2]. The van der Waals surface area contributed by atoms with E-state index in [-0.39, 0.29) is 16.5 Å². The van der Waals surface area contributed by atoms with Crippen LogP contribution in [0.25, 0.3) is 79.8 Å². The Labute approximate surface area is 273 Å². The van der Waals surface area contributed by atoms with E-state index in [1.807, 2.05) is 54.6 Å². The molecule has 2 aliphatic heterocycles. The molecule has 0 saturated heterocycles. The van der Waals surface area contributed by atoms with Crippen molar-refractivity contribution in [2.75, 3.05) is 0 Å². The first-order chi connectivity index (χ1) is 21.2. The number of halogens is 1. The molecule has 0 N–H and O–H groups in total. The Kier molecular flexibility index (Phi) is 7.47. The van der Waals surface area contributed by atoms with Crippen LogP contribution in [0.4, 0.5) is 0 Å². The molecule has 4 nitrogen and oxygen atoms in total. The molecule has 8 rings (SSSR count). The van der Waals surface area contributed by atoms with Crippen molar-refractivity contribution in [1.29, 1.82) is 0 Å². The maximum absolute atomic E-state index is 5.24. The molecule has 3 aromatic heterocycles. The number of benzene rings is 3. The van der Waals surface area contributed by atoms with Crippen LogP contribution in [-0.2, 0) is 16.5 Å². The second-order valence-electron chi connectivity index (χ2n) is 10.4. The van der Waals surface area contributed by atoms with Crippen molar-refractivity contribution in [3.63, 3.8) is 0 Å². The first kappa shape index (κ1) is 28.0. The van der Waals surface area contributed by atoms with Crippen LogP contribution < -0.4 is 9.97 Å². The maximum Gasteiger partial charge on any atom is 2.00 e. The topological polar surface area (TPSA) is 54.0 Å². The number of rotatable bonds is 3. The zero-order valence-electron chi connectivity index (χ0n) is 23.3. The molecular weight excluding hydrogens is 651 g/mol. The second-order valence-corrected chi connectivity index (χ2v) is 11.2. The number of nitrogens with zero attached hydrogens (tertiary/aromatic N) is 4. The van der Waals surface area contributed by atoms with Gasteiger partial charge in [-0.05, 0) is 73.6 Å². The summed E-state index contributed by atoms with van der Waals surface area (Å²) in [4.78, 5) is 20.6. The number of fused-ring (bicyclic) bond motifs is 8. The molecule has 0 radical (unpaired) electrons. The Balaban J connectivity index is 0.00000312. The largest absolute Gasteiger partial charge is 2.00 e. The fraction of sp³-hybridized carbons (Fsp3) is 0. The molecule has 0 saturated carbocycles. The third-order valence-corrected chi connectivity index (χ3v) is 8.55. The first-order valence-corrected chi connectivity index (χ1v) is 14.9. The molecule has 5 heterocycles. The quantitative estimate of drug-likeness (QED) is 0.175. The third kappa shape index (κ3) is 4.96. The molecule has 0 aliphatic carbocycles. The van der Waals surface area contributed by atoms with Gasteiger partial charge in [0, 0.05) is 4.47 Å². The maximum atomic E-state index is 5.24. The Morgan fingerprint density at radius 1 is 0.386 bits per heavy atom. The van der Waals surface area contributed by atoms with Gasteiger partial charge in [0.15, 0.2) is 0 Å².